The highest BCUT2D eigenvalue weighted by Crippen LogP contribution is 2.27. The third-order valence-corrected chi connectivity index (χ3v) is 4.79. The van der Waals surface area contributed by atoms with Gasteiger partial charge in [0.05, 0.1) is 6.10 Å². The van der Waals surface area contributed by atoms with Crippen molar-refractivity contribution in [2.75, 3.05) is 18.0 Å². The van der Waals surface area contributed by atoms with E-state index < -0.39 is 12.0 Å². The van der Waals surface area contributed by atoms with E-state index in [-0.39, 0.29) is 18.4 Å². The lowest BCUT2D eigenvalue weighted by molar-refractivity contribution is -0.132. The zero-order chi connectivity index (χ0) is 17.8. The molecule has 1 aliphatic heterocycles. The molecule has 3 rings (SSSR count). The van der Waals surface area contributed by atoms with Gasteiger partial charge in [0.2, 0.25) is 11.8 Å². The quantitative estimate of drug-likeness (QED) is 0.755. The van der Waals surface area contributed by atoms with Crippen LogP contribution >= 0.6 is 15.9 Å². The molecule has 2 aromatic rings. The number of carbonyl (C=O) groups excluding carboxylic acids is 2. The summed E-state index contributed by atoms with van der Waals surface area (Å²) in [5, 5.41) is 12.8. The van der Waals surface area contributed by atoms with Crippen molar-refractivity contribution in [3.63, 3.8) is 0 Å². The maximum Gasteiger partial charge on any atom is 0.239 e. The second-order valence-corrected chi connectivity index (χ2v) is 6.90. The number of aliphatic hydroxyl groups excluding tert-OH is 1. The van der Waals surface area contributed by atoms with Gasteiger partial charge in [-0.25, -0.2) is 0 Å². The fourth-order valence-electron chi connectivity index (χ4n) is 2.94. The lowest BCUT2D eigenvalue weighted by Crippen LogP contribution is -2.38. The zero-order valence-corrected chi connectivity index (χ0v) is 15.1. The molecule has 2 N–H and O–H groups in total. The summed E-state index contributed by atoms with van der Waals surface area (Å²) in [6, 6.07) is 16.6. The highest BCUT2D eigenvalue weighted by molar-refractivity contribution is 9.10. The maximum absolute atomic E-state index is 12.6. The molecule has 2 atom stereocenters. The van der Waals surface area contributed by atoms with E-state index in [2.05, 4.69) is 21.2 Å². The minimum Gasteiger partial charge on any atom is -0.387 e. The number of carbonyl (C=O) groups is 2. The molecule has 5 nitrogen and oxygen atoms in total. The van der Waals surface area contributed by atoms with E-state index in [4.69, 9.17) is 0 Å². The minimum atomic E-state index is -0.789. The number of aliphatic hydroxyl groups is 1. The van der Waals surface area contributed by atoms with Crippen molar-refractivity contribution >= 4 is 33.4 Å². The summed E-state index contributed by atoms with van der Waals surface area (Å²) in [7, 11) is 0. The van der Waals surface area contributed by atoms with Crippen LogP contribution in [-0.4, -0.2) is 30.0 Å². The molecule has 1 heterocycles. The lowest BCUT2D eigenvalue weighted by atomic mass is 10.1. The Balaban J connectivity index is 1.59. The van der Waals surface area contributed by atoms with Crippen LogP contribution in [0.15, 0.2) is 59.1 Å². The van der Waals surface area contributed by atoms with E-state index in [1.165, 1.54) is 0 Å². The topological polar surface area (TPSA) is 69.6 Å². The van der Waals surface area contributed by atoms with Gasteiger partial charge in [0.1, 0.15) is 5.92 Å². The smallest absolute Gasteiger partial charge is 0.239 e. The van der Waals surface area contributed by atoms with Crippen LogP contribution < -0.4 is 10.2 Å². The van der Waals surface area contributed by atoms with Gasteiger partial charge in [0.15, 0.2) is 0 Å². The van der Waals surface area contributed by atoms with Gasteiger partial charge in [0.25, 0.3) is 0 Å². The first-order chi connectivity index (χ1) is 12.1. The average molecular weight is 403 g/mol. The molecule has 2 amide bonds. The Morgan fingerprint density at radius 2 is 2.00 bits per heavy atom. The van der Waals surface area contributed by atoms with E-state index in [9.17, 15) is 14.7 Å². The molecule has 6 heteroatoms. The number of hydrogen-bond acceptors (Lipinski definition) is 3. The first-order valence-electron chi connectivity index (χ1n) is 8.14. The van der Waals surface area contributed by atoms with Crippen molar-refractivity contribution in [1.82, 2.24) is 5.32 Å². The van der Waals surface area contributed by atoms with Gasteiger partial charge < -0.3 is 15.3 Å². The molecule has 0 bridgehead atoms. The van der Waals surface area contributed by atoms with E-state index in [1.54, 1.807) is 17.0 Å². The summed E-state index contributed by atoms with van der Waals surface area (Å²) in [6.45, 7) is 0.595. The predicted molar refractivity (Wildman–Crippen MR) is 99.0 cm³/mol. The Hall–Kier alpha value is -2.18. The van der Waals surface area contributed by atoms with Crippen molar-refractivity contribution in [2.45, 2.75) is 12.5 Å². The Morgan fingerprint density at radius 3 is 2.72 bits per heavy atom. The molecule has 0 aromatic heterocycles. The van der Waals surface area contributed by atoms with Gasteiger partial charge in [-0.3, -0.25) is 9.59 Å². The van der Waals surface area contributed by atoms with Gasteiger partial charge in [-0.05, 0) is 30.2 Å². The number of rotatable bonds is 5. The molecule has 25 heavy (non-hydrogen) atoms. The molecule has 1 fully saturated rings. The van der Waals surface area contributed by atoms with E-state index in [0.717, 1.165) is 15.7 Å². The van der Waals surface area contributed by atoms with Crippen LogP contribution in [0.5, 0.6) is 0 Å². The van der Waals surface area contributed by atoms with Gasteiger partial charge in [-0.1, -0.05) is 52.3 Å². The maximum atomic E-state index is 12.6. The first kappa shape index (κ1) is 17.6. The van der Waals surface area contributed by atoms with Crippen LogP contribution in [0.2, 0.25) is 0 Å². The van der Waals surface area contributed by atoms with Crippen molar-refractivity contribution in [1.29, 1.82) is 0 Å². The summed E-state index contributed by atoms with van der Waals surface area (Å²) < 4.78 is 0.886. The number of amides is 2. The second-order valence-electron chi connectivity index (χ2n) is 5.98. The van der Waals surface area contributed by atoms with Crippen LogP contribution in [-0.2, 0) is 9.59 Å². The third kappa shape index (κ3) is 4.08. The molecule has 2 aromatic carbocycles. The van der Waals surface area contributed by atoms with Gasteiger partial charge >= 0.3 is 0 Å². The van der Waals surface area contributed by atoms with Crippen molar-refractivity contribution < 1.29 is 14.7 Å². The van der Waals surface area contributed by atoms with Crippen LogP contribution in [0.25, 0.3) is 0 Å². The number of anilines is 1. The number of hydrogen-bond donors (Lipinski definition) is 2. The summed E-state index contributed by atoms with van der Waals surface area (Å²) in [6.07, 6.45) is -0.318. The Bertz CT molecular complexity index is 766. The predicted octanol–water partition coefficient (Wildman–Crippen LogP) is 2.65. The normalized spacial score (nSPS) is 18.2. The third-order valence-electron chi connectivity index (χ3n) is 4.30. The molecule has 0 spiro atoms. The van der Waals surface area contributed by atoms with Gasteiger partial charge in [-0.15, -0.1) is 0 Å². The second kappa shape index (κ2) is 7.80. The van der Waals surface area contributed by atoms with Crippen LogP contribution in [0.4, 0.5) is 5.69 Å². The molecule has 130 valence electrons. The van der Waals surface area contributed by atoms with E-state index >= 15 is 0 Å². The largest absolute Gasteiger partial charge is 0.387 e. The number of benzene rings is 2. The molecule has 0 radical (unpaired) electrons. The van der Waals surface area contributed by atoms with E-state index in [0.29, 0.717) is 13.0 Å². The number of halogens is 1. The summed E-state index contributed by atoms with van der Waals surface area (Å²) in [4.78, 5) is 26.5. The average Bonchev–Trinajstić information content (AvgIpc) is 3.01. The van der Waals surface area contributed by atoms with Gasteiger partial charge in [0, 0.05) is 23.2 Å². The molecule has 1 aliphatic rings. The molecule has 0 saturated carbocycles. The summed E-state index contributed by atoms with van der Waals surface area (Å²) in [5.41, 5.74) is 1.51. The first-order valence-corrected chi connectivity index (χ1v) is 8.93. The van der Waals surface area contributed by atoms with Crippen LogP contribution in [0, 0.1) is 5.92 Å². The molecular weight excluding hydrogens is 384 g/mol. The fourth-order valence-corrected chi connectivity index (χ4v) is 3.32. The van der Waals surface area contributed by atoms with Crippen molar-refractivity contribution in [3.05, 3.63) is 64.6 Å². The zero-order valence-electron chi connectivity index (χ0n) is 13.6. The summed E-state index contributed by atoms with van der Waals surface area (Å²) >= 11 is 3.39. The van der Waals surface area contributed by atoms with E-state index in [1.807, 2.05) is 42.5 Å². The van der Waals surface area contributed by atoms with Crippen LogP contribution in [0.1, 0.15) is 18.1 Å². The molecule has 1 saturated heterocycles. The fraction of sp³-hybridized carbons (Fsp3) is 0.263. The number of nitrogens with zero attached hydrogens (tertiary/aromatic N) is 1. The Labute approximate surface area is 154 Å². The molecular formula is C19H19BrN2O3. The molecule has 2 unspecified atom stereocenters. The van der Waals surface area contributed by atoms with Crippen LogP contribution in [0.3, 0.4) is 0 Å². The van der Waals surface area contributed by atoms with Crippen molar-refractivity contribution in [3.8, 4) is 0 Å². The minimum absolute atomic E-state index is 0.0868. The standard InChI is InChI=1S/C19H19BrN2O3/c20-14-7-4-8-15(11-14)22-10-9-16(19(22)25)18(24)21-12-17(23)13-5-2-1-3-6-13/h1-8,11,16-17,23H,9-10,12H2,(H,21,24). The van der Waals surface area contributed by atoms with Gasteiger partial charge in [-0.2, -0.15) is 0 Å². The molecule has 0 aliphatic carbocycles. The SMILES string of the molecule is O=C(NCC(O)c1ccccc1)C1CCN(c2cccc(Br)c2)C1=O. The highest BCUT2D eigenvalue weighted by Gasteiger charge is 2.37. The monoisotopic (exact) mass is 402 g/mol. The highest BCUT2D eigenvalue weighted by atomic mass is 79.9. The summed E-state index contributed by atoms with van der Waals surface area (Å²) in [5.74, 6) is -1.25. The number of nitrogens with one attached hydrogen (secondary N) is 1. The Morgan fingerprint density at radius 1 is 1.24 bits per heavy atom. The Kier molecular flexibility index (Phi) is 5.50. The van der Waals surface area contributed by atoms with Crippen molar-refractivity contribution in [2.24, 2.45) is 5.92 Å². The lowest BCUT2D eigenvalue weighted by Gasteiger charge is -2.17.